The van der Waals surface area contributed by atoms with Gasteiger partial charge in [0, 0.05) is 97.9 Å². The number of phosphoric acid groups is 3. The molecule has 2 radical (unpaired) electrons. The number of aliphatic hydroxyl groups excluding tert-OH is 1. The van der Waals surface area contributed by atoms with Crippen LogP contribution in [-0.4, -0.2) is 168 Å². The number of carboxylic acids is 1. The lowest BCUT2D eigenvalue weighted by Crippen LogP contribution is -2.38. The maximum absolute atomic E-state index is 13.4. The molecule has 4 aliphatic rings. The number of carbonyl (C=O) groups excluding carboxylic acids is 3. The second-order valence-electron chi connectivity index (χ2n) is 23.3. The molecule has 1 aliphatic carbocycles. The van der Waals surface area contributed by atoms with Gasteiger partial charge in [-0.2, -0.15) is 5.11 Å². The predicted molar refractivity (Wildman–Crippen MR) is 347 cm³/mol. The number of non-ortho nitro benzene ring substituents is 1. The van der Waals surface area contributed by atoms with Gasteiger partial charge in [-0.3, -0.25) is 51.6 Å². The zero-order chi connectivity index (χ0) is 69.3. The molecule has 30 nitrogen and oxygen atoms in total. The van der Waals surface area contributed by atoms with Crippen LogP contribution in [0.15, 0.2) is 113 Å². The lowest BCUT2D eigenvalue weighted by molar-refractivity contribution is -0.384. The number of phenols is 1. The Morgan fingerprint density at radius 2 is 1.60 bits per heavy atom. The molecule has 4 aromatic carbocycles. The SMILES string of the molecule is [B]C1CC(OP(=O)(O)OC[C@@H]2C[C@@H](O)CN2C(=O)CCCN(C)c2ccc(N=Nc3ccc([N+](=O)[O-])cc3Cl)cc2)C(COP(=O)(O)OCC(CCCCN)COP(=O)(O)OCCCCCCNC(=O)c2ccc(C(=O)O)c(C3c4ccc(O)cc4OC4=CC(=O)C=CC43)c2)O1. The van der Waals surface area contributed by atoms with Crippen molar-refractivity contribution in [2.45, 2.75) is 107 Å². The molecule has 9 N–H and O–H groups in total. The van der Waals surface area contributed by atoms with Gasteiger partial charge in [0.25, 0.3) is 11.6 Å². The molecule has 8 rings (SSSR count). The van der Waals surface area contributed by atoms with Gasteiger partial charge < -0.3 is 60.3 Å². The minimum absolute atomic E-state index is 0.0403. The van der Waals surface area contributed by atoms with Gasteiger partial charge >= 0.3 is 29.4 Å². The first kappa shape index (κ1) is 75.2. The smallest absolute Gasteiger partial charge is 0.472 e. The molecular weight excluding hydrogens is 1340 g/mol. The number of carboxylic acid groups (broad SMARTS) is 1. The summed E-state index contributed by atoms with van der Waals surface area (Å²) >= 11 is 6.12. The van der Waals surface area contributed by atoms with E-state index in [1.165, 1.54) is 65.6 Å². The Balaban J connectivity index is 0.721. The minimum Gasteiger partial charge on any atom is -0.508 e. The number of carbonyl (C=O) groups is 4. The van der Waals surface area contributed by atoms with E-state index in [9.17, 15) is 73.0 Å². The summed E-state index contributed by atoms with van der Waals surface area (Å²) in [5, 5.41) is 53.0. The summed E-state index contributed by atoms with van der Waals surface area (Å²) in [4.78, 5) is 97.4. The van der Waals surface area contributed by atoms with Crippen LogP contribution < -0.4 is 20.7 Å². The number of amides is 2. The number of hydrogen-bond donors (Lipinski definition) is 8. The number of phenolic OH excluding ortho intramolecular Hbond substituents is 1. The number of unbranched alkanes of at least 4 members (excludes halogenated alkanes) is 4. The number of aliphatic hydroxyl groups is 1. The maximum Gasteiger partial charge on any atom is 0.472 e. The van der Waals surface area contributed by atoms with E-state index in [0.717, 1.165) is 5.69 Å². The van der Waals surface area contributed by atoms with Crippen LogP contribution in [0.3, 0.4) is 0 Å². The van der Waals surface area contributed by atoms with Crippen LogP contribution in [0.1, 0.15) is 108 Å². The maximum atomic E-state index is 13.4. The van der Waals surface area contributed by atoms with E-state index in [4.69, 9.17) is 61.8 Å². The number of nitrogens with two attached hydrogens (primary N) is 1. The van der Waals surface area contributed by atoms with Gasteiger partial charge in [0.1, 0.15) is 36.9 Å². The molecule has 9 unspecified atom stereocenters. The fraction of sp³-hybridized carbons (Fsp3) is 0.475. The third kappa shape index (κ3) is 22.0. The van der Waals surface area contributed by atoms with Crippen LogP contribution >= 0.6 is 35.1 Å². The number of fused-ring (bicyclic) bond motifs is 2. The highest BCUT2D eigenvalue weighted by Crippen LogP contribution is 2.52. The number of nitro groups is 1. The van der Waals surface area contributed by atoms with Crippen LogP contribution in [0.5, 0.6) is 11.5 Å². The highest BCUT2D eigenvalue weighted by molar-refractivity contribution is 7.48. The molecule has 96 heavy (non-hydrogen) atoms. The number of aromatic carboxylic acids is 1. The van der Waals surface area contributed by atoms with Gasteiger partial charge in [0.2, 0.25) is 5.91 Å². The summed E-state index contributed by atoms with van der Waals surface area (Å²) in [7, 11) is -6.69. The van der Waals surface area contributed by atoms with Gasteiger partial charge in [0.05, 0.1) is 72.5 Å². The number of halogens is 1. The number of nitrogens with one attached hydrogen (secondary N) is 1. The van der Waals surface area contributed by atoms with E-state index in [-0.39, 0.29) is 102 Å². The number of rotatable bonds is 37. The Bertz CT molecular complexity index is 3670. The number of benzene rings is 4. The van der Waals surface area contributed by atoms with Crippen molar-refractivity contribution in [1.29, 1.82) is 0 Å². The number of nitrogens with zero attached hydrogens (tertiary/aromatic N) is 5. The number of likely N-dealkylation sites (tertiary alicyclic amines) is 1. The van der Waals surface area contributed by atoms with Crippen molar-refractivity contribution < 1.29 is 104 Å². The summed E-state index contributed by atoms with van der Waals surface area (Å²) < 4.78 is 82.6. The average Bonchev–Trinajstić information content (AvgIpc) is 0.918. The largest absolute Gasteiger partial charge is 0.508 e. The number of ether oxygens (including phenoxy) is 2. The van der Waals surface area contributed by atoms with Crippen molar-refractivity contribution in [2.24, 2.45) is 27.8 Å². The van der Waals surface area contributed by atoms with E-state index in [2.05, 4.69) is 15.5 Å². The summed E-state index contributed by atoms with van der Waals surface area (Å²) in [5.41, 5.74) is 8.04. The molecule has 518 valence electrons. The number of ketones is 1. The highest BCUT2D eigenvalue weighted by atomic mass is 35.5. The second kappa shape index (κ2) is 34.8. The van der Waals surface area contributed by atoms with Crippen LogP contribution in [0.4, 0.5) is 22.7 Å². The zero-order valence-electron chi connectivity index (χ0n) is 52.2. The Hall–Kier alpha value is -6.60. The molecule has 3 heterocycles. The van der Waals surface area contributed by atoms with Crippen LogP contribution in [0, 0.1) is 22.0 Å². The number of hydrogen-bond acceptors (Lipinski definition) is 23. The second-order valence-corrected chi connectivity index (χ2v) is 28.0. The first-order valence-corrected chi connectivity index (χ1v) is 35.8. The van der Waals surface area contributed by atoms with E-state index in [1.54, 1.807) is 36.4 Å². The van der Waals surface area contributed by atoms with Gasteiger partial charge in [0.15, 0.2) is 5.78 Å². The lowest BCUT2D eigenvalue weighted by atomic mass is 9.74. The molecule has 0 bridgehead atoms. The molecule has 0 spiro atoms. The quantitative estimate of drug-likeness (QED) is 0.00520. The number of phosphoric ester groups is 3. The van der Waals surface area contributed by atoms with E-state index >= 15 is 0 Å². The zero-order valence-corrected chi connectivity index (χ0v) is 55.7. The average molecular weight is 1410 g/mol. The Morgan fingerprint density at radius 1 is 0.875 bits per heavy atom. The third-order valence-electron chi connectivity index (χ3n) is 16.1. The summed E-state index contributed by atoms with van der Waals surface area (Å²) in [6, 6.07) is 17.7. The van der Waals surface area contributed by atoms with E-state index in [0.29, 0.717) is 74.8 Å². The van der Waals surface area contributed by atoms with Gasteiger partial charge in [-0.1, -0.05) is 43.0 Å². The molecule has 0 aromatic heterocycles. The van der Waals surface area contributed by atoms with Crippen molar-refractivity contribution in [3.63, 3.8) is 0 Å². The minimum atomic E-state index is -4.94. The fourth-order valence-electron chi connectivity index (χ4n) is 11.2. The topological polar surface area (TPSA) is 427 Å². The molecule has 2 fully saturated rings. The molecule has 2 saturated heterocycles. The number of anilines is 1. The van der Waals surface area contributed by atoms with Gasteiger partial charge in [-0.05, 0) is 118 Å². The lowest BCUT2D eigenvalue weighted by Gasteiger charge is -2.35. The van der Waals surface area contributed by atoms with Crippen molar-refractivity contribution in [3.05, 3.63) is 140 Å². The van der Waals surface area contributed by atoms with Crippen molar-refractivity contribution >= 4 is 89.2 Å². The van der Waals surface area contributed by atoms with Crippen molar-refractivity contribution in [2.75, 3.05) is 71.2 Å². The predicted octanol–water partition coefficient (Wildman–Crippen LogP) is 9.20. The van der Waals surface area contributed by atoms with E-state index in [1.807, 2.05) is 11.9 Å². The fourth-order valence-corrected chi connectivity index (χ4v) is 14.1. The van der Waals surface area contributed by atoms with Crippen molar-refractivity contribution in [1.82, 2.24) is 10.2 Å². The number of nitro benzene ring substituents is 1. The Labute approximate surface area is 559 Å². The molecule has 0 saturated carbocycles. The van der Waals surface area contributed by atoms with Crippen LogP contribution in [0.25, 0.3) is 0 Å². The van der Waals surface area contributed by atoms with Crippen molar-refractivity contribution in [3.8, 4) is 11.5 Å². The molecule has 3 aliphatic heterocycles. The third-order valence-corrected chi connectivity index (χ3v) is 19.4. The molecule has 11 atom stereocenters. The highest BCUT2D eigenvalue weighted by Gasteiger charge is 2.43. The number of azo groups is 1. The Morgan fingerprint density at radius 3 is 2.32 bits per heavy atom. The number of allylic oxidation sites excluding steroid dienone is 3. The summed E-state index contributed by atoms with van der Waals surface area (Å²) in [6.45, 7) is -1.33. The van der Waals surface area contributed by atoms with Gasteiger partial charge in [-0.25, -0.2) is 18.5 Å². The van der Waals surface area contributed by atoms with Crippen LogP contribution in [-0.2, 0) is 55.2 Å². The monoisotopic (exact) mass is 1410 g/mol. The first-order chi connectivity index (χ1) is 45.7. The molecule has 4 aromatic rings. The molecule has 35 heteroatoms. The summed E-state index contributed by atoms with van der Waals surface area (Å²) in [5.74, 6) is -3.91. The Kier molecular flexibility index (Phi) is 27.2. The number of aromatic hydroxyl groups is 1. The van der Waals surface area contributed by atoms with E-state index < -0.39 is 115 Å². The normalized spacial score (nSPS) is 22.1. The first-order valence-electron chi connectivity index (χ1n) is 30.9. The molecule has 2 amide bonds. The number of β-amino-alcohol motifs (C(OH)–C–C–N with tert-alkyl or cyclic N) is 1. The standard InChI is InChI=1S/C61H76BClN7O23P3/c1-68(41-14-12-40(13-15-41)66-67-52-22-16-42(70(78)79)29-51(52)63)25-8-10-58(74)69-33-46(73)28-43(69)36-89-96(84,85)93-55-32-57(62)92-56(55)37-90-95(82,83)88-35-38(9-4-5-23-64)34-87-94(80,81)86-26-7-3-2-6-24-65-60(75)39-11-19-47(61(76)77)50(27-39)59-48-20-17-44(71)30-53(48)91-54-31-45(72)18-21-49(54)59/h11-22,27,29-31,38,43,46,48,55-57,59,72-73H,2-10,23-26,28,32-37,64H2,1H3,(H,65,75)(H,76,77)(H,80,81)(H,82,83)(H,84,85)/t38?,43-,46+,48?,55?,56?,57?,59?/m0/s1. The molecular formula is C61H76BClN7O23P3. The van der Waals surface area contributed by atoms with Crippen LogP contribution in [0.2, 0.25) is 5.02 Å². The summed E-state index contributed by atoms with van der Waals surface area (Å²) in [6.07, 6.45) is 4.43. The van der Waals surface area contributed by atoms with Gasteiger partial charge in [-0.15, -0.1) is 5.11 Å².